The molecule has 9 heteroatoms. The van der Waals surface area contributed by atoms with Crippen LogP contribution in [0.5, 0.6) is 0 Å². The lowest BCUT2D eigenvalue weighted by Gasteiger charge is -2.09. The number of hydrogen-bond acceptors (Lipinski definition) is 4. The zero-order valence-corrected chi connectivity index (χ0v) is 18.8. The summed E-state index contributed by atoms with van der Waals surface area (Å²) in [6.07, 6.45) is 6.62. The standard InChI is InChI=1S/C23H15Cl3N4O2/c1-13(6-7-14(2)11-27)9-15-10-16(18-5-3-4-8-30(15)18)21(31)23(32)29-20-17(24)12-28-22(26)19(20)25/h3-8,10,12H,1-2,9H2,(H,28,29,32)/b7-6-. The summed E-state index contributed by atoms with van der Waals surface area (Å²) in [6, 6.07) is 8.84. The second-order valence-electron chi connectivity index (χ2n) is 6.68. The van der Waals surface area contributed by atoms with E-state index in [1.165, 1.54) is 6.20 Å². The molecule has 3 aromatic heterocycles. The Morgan fingerprint density at radius 3 is 2.69 bits per heavy atom. The first-order valence-electron chi connectivity index (χ1n) is 9.12. The molecule has 3 heterocycles. The highest BCUT2D eigenvalue weighted by Crippen LogP contribution is 2.34. The maximum absolute atomic E-state index is 13.0. The molecule has 32 heavy (non-hydrogen) atoms. The van der Waals surface area contributed by atoms with Gasteiger partial charge in [0.2, 0.25) is 0 Å². The van der Waals surface area contributed by atoms with Gasteiger partial charge in [0.15, 0.2) is 0 Å². The van der Waals surface area contributed by atoms with Gasteiger partial charge in [0.05, 0.1) is 27.9 Å². The first-order valence-corrected chi connectivity index (χ1v) is 10.2. The number of carbonyl (C=O) groups excluding carboxylic acids is 2. The first-order chi connectivity index (χ1) is 15.2. The average molecular weight is 486 g/mol. The van der Waals surface area contributed by atoms with Gasteiger partial charge in [-0.2, -0.15) is 5.26 Å². The number of anilines is 1. The largest absolute Gasteiger partial charge is 0.320 e. The molecule has 0 saturated carbocycles. The number of ketones is 1. The van der Waals surface area contributed by atoms with E-state index in [1.807, 2.05) is 6.07 Å². The molecule has 0 aromatic carbocycles. The molecule has 0 unspecified atom stereocenters. The number of rotatable bonds is 7. The molecular formula is C23H15Cl3N4O2. The van der Waals surface area contributed by atoms with Crippen molar-refractivity contribution in [2.45, 2.75) is 6.42 Å². The number of Topliss-reactive ketones (excluding diaryl/α,β-unsaturated/α-hetero) is 1. The predicted octanol–water partition coefficient (Wildman–Crippen LogP) is 5.85. The lowest BCUT2D eigenvalue weighted by Crippen LogP contribution is -2.23. The number of hydrogen-bond donors (Lipinski definition) is 1. The minimum absolute atomic E-state index is 0.00617. The van der Waals surface area contributed by atoms with Gasteiger partial charge in [-0.05, 0) is 29.8 Å². The van der Waals surface area contributed by atoms with E-state index in [-0.39, 0.29) is 26.4 Å². The van der Waals surface area contributed by atoms with Crippen LogP contribution in [0.4, 0.5) is 5.69 Å². The molecule has 0 atom stereocenters. The molecule has 3 rings (SSSR count). The van der Waals surface area contributed by atoms with E-state index in [0.717, 1.165) is 5.69 Å². The van der Waals surface area contributed by atoms with E-state index in [9.17, 15) is 9.59 Å². The molecular weight excluding hydrogens is 471 g/mol. The molecule has 1 N–H and O–H groups in total. The monoisotopic (exact) mass is 484 g/mol. The number of nitriles is 1. The fourth-order valence-electron chi connectivity index (χ4n) is 2.94. The molecule has 0 aliphatic rings. The molecule has 1 amide bonds. The summed E-state index contributed by atoms with van der Waals surface area (Å²) in [4.78, 5) is 29.5. The molecule has 0 saturated heterocycles. The van der Waals surface area contributed by atoms with E-state index in [2.05, 4.69) is 23.5 Å². The Bertz CT molecular complexity index is 1350. The van der Waals surface area contributed by atoms with Crippen LogP contribution in [0.15, 0.2) is 73.1 Å². The highest BCUT2D eigenvalue weighted by Gasteiger charge is 2.24. The van der Waals surface area contributed by atoms with Gasteiger partial charge in [-0.15, -0.1) is 0 Å². The van der Waals surface area contributed by atoms with Crippen molar-refractivity contribution in [3.8, 4) is 6.07 Å². The number of halogens is 3. The maximum Gasteiger partial charge on any atom is 0.296 e. The van der Waals surface area contributed by atoms with Crippen molar-refractivity contribution in [2.24, 2.45) is 0 Å². The Labute approximate surface area is 199 Å². The van der Waals surface area contributed by atoms with Gasteiger partial charge < -0.3 is 9.72 Å². The minimum atomic E-state index is -0.928. The van der Waals surface area contributed by atoms with Gasteiger partial charge in [-0.25, -0.2) is 4.98 Å². The topological polar surface area (TPSA) is 87.3 Å². The zero-order chi connectivity index (χ0) is 23.4. The van der Waals surface area contributed by atoms with Gasteiger partial charge in [0, 0.05) is 30.1 Å². The number of nitrogens with zero attached hydrogens (tertiary/aromatic N) is 3. The molecule has 0 aliphatic heterocycles. The van der Waals surface area contributed by atoms with Crippen molar-refractivity contribution in [3.63, 3.8) is 0 Å². The molecule has 0 radical (unpaired) electrons. The summed E-state index contributed by atoms with van der Waals surface area (Å²) < 4.78 is 1.79. The van der Waals surface area contributed by atoms with Crippen molar-refractivity contribution in [2.75, 3.05) is 5.32 Å². The van der Waals surface area contributed by atoms with Crippen molar-refractivity contribution in [1.29, 1.82) is 5.26 Å². The van der Waals surface area contributed by atoms with Gasteiger partial charge in [0.25, 0.3) is 11.7 Å². The molecule has 0 fully saturated rings. The van der Waals surface area contributed by atoms with Crippen LogP contribution in [-0.4, -0.2) is 21.1 Å². The maximum atomic E-state index is 13.0. The summed E-state index contributed by atoms with van der Waals surface area (Å²) in [7, 11) is 0. The Morgan fingerprint density at radius 2 is 1.97 bits per heavy atom. The number of carbonyl (C=O) groups is 2. The van der Waals surface area contributed by atoms with E-state index >= 15 is 0 Å². The number of aromatic nitrogens is 2. The van der Waals surface area contributed by atoms with Crippen LogP contribution in [0.25, 0.3) is 5.52 Å². The number of fused-ring (bicyclic) bond motifs is 1. The quantitative estimate of drug-likeness (QED) is 0.149. The summed E-state index contributed by atoms with van der Waals surface area (Å²) >= 11 is 18.0. The number of amides is 1. The summed E-state index contributed by atoms with van der Waals surface area (Å²) in [5, 5.41) is 11.2. The summed E-state index contributed by atoms with van der Waals surface area (Å²) in [5.41, 5.74) is 2.48. The SMILES string of the molecule is C=C(C#N)/C=C\C(=C)Cc1cc(C(=O)C(=O)Nc2c(Cl)cnc(Cl)c2Cl)c2ccccn12. The van der Waals surface area contributed by atoms with Crippen LogP contribution >= 0.6 is 34.8 Å². The lowest BCUT2D eigenvalue weighted by molar-refractivity contribution is -0.112. The third kappa shape index (κ3) is 4.92. The Hall–Kier alpha value is -3.37. The highest BCUT2D eigenvalue weighted by atomic mass is 35.5. The lowest BCUT2D eigenvalue weighted by atomic mass is 10.1. The first kappa shape index (κ1) is 23.3. The molecule has 0 spiro atoms. The normalized spacial score (nSPS) is 10.8. The van der Waals surface area contributed by atoms with Crippen molar-refractivity contribution < 1.29 is 9.59 Å². The van der Waals surface area contributed by atoms with Gasteiger partial charge >= 0.3 is 0 Å². The van der Waals surface area contributed by atoms with Crippen LogP contribution < -0.4 is 5.32 Å². The number of allylic oxidation sites excluding steroid dienone is 4. The van der Waals surface area contributed by atoms with Crippen molar-refractivity contribution >= 4 is 57.7 Å². The van der Waals surface area contributed by atoms with Gasteiger partial charge in [-0.1, -0.05) is 60.1 Å². The van der Waals surface area contributed by atoms with Crippen molar-refractivity contribution in [1.82, 2.24) is 9.38 Å². The zero-order valence-electron chi connectivity index (χ0n) is 16.5. The van der Waals surface area contributed by atoms with Crippen LogP contribution in [0.3, 0.4) is 0 Å². The molecule has 0 aliphatic carbocycles. The summed E-state index contributed by atoms with van der Waals surface area (Å²) in [6.45, 7) is 7.56. The fourth-order valence-corrected chi connectivity index (χ4v) is 3.52. The highest BCUT2D eigenvalue weighted by molar-refractivity contribution is 6.51. The number of pyridine rings is 2. The predicted molar refractivity (Wildman–Crippen MR) is 126 cm³/mol. The van der Waals surface area contributed by atoms with Crippen molar-refractivity contribution in [3.05, 3.63) is 99.6 Å². The average Bonchev–Trinajstić information content (AvgIpc) is 3.15. The minimum Gasteiger partial charge on any atom is -0.320 e. The number of nitrogens with one attached hydrogen (secondary N) is 1. The third-order valence-electron chi connectivity index (χ3n) is 4.45. The fraction of sp³-hybridized carbons (Fsp3) is 0.0435. The van der Waals surface area contributed by atoms with Crippen LogP contribution in [0.2, 0.25) is 15.2 Å². The Morgan fingerprint density at radius 1 is 1.22 bits per heavy atom. The van der Waals surface area contributed by atoms with E-state index in [4.69, 9.17) is 40.1 Å². The van der Waals surface area contributed by atoms with Crippen LogP contribution in [0.1, 0.15) is 16.1 Å². The molecule has 160 valence electrons. The molecule has 0 bridgehead atoms. The molecule has 3 aromatic rings. The van der Waals surface area contributed by atoms with E-state index < -0.39 is 11.7 Å². The Balaban J connectivity index is 1.91. The van der Waals surface area contributed by atoms with Gasteiger partial charge in [-0.3, -0.25) is 9.59 Å². The Kier molecular flexibility index (Phi) is 7.16. The van der Waals surface area contributed by atoms with Crippen LogP contribution in [0, 0.1) is 11.3 Å². The van der Waals surface area contributed by atoms with Gasteiger partial charge in [0.1, 0.15) is 10.2 Å². The summed E-state index contributed by atoms with van der Waals surface area (Å²) in [5.74, 6) is -1.71. The van der Waals surface area contributed by atoms with E-state index in [1.54, 1.807) is 47.0 Å². The second-order valence-corrected chi connectivity index (χ2v) is 7.82. The second kappa shape index (κ2) is 9.84. The van der Waals surface area contributed by atoms with E-state index in [0.29, 0.717) is 23.1 Å². The smallest absolute Gasteiger partial charge is 0.296 e. The molecule has 6 nitrogen and oxygen atoms in total. The van der Waals surface area contributed by atoms with Crippen LogP contribution in [-0.2, 0) is 11.2 Å². The third-order valence-corrected chi connectivity index (χ3v) is 5.49.